The quantitative estimate of drug-likeness (QED) is 0.850. The zero-order chi connectivity index (χ0) is 13.8. The van der Waals surface area contributed by atoms with E-state index < -0.39 is 0 Å². The van der Waals surface area contributed by atoms with E-state index in [1.54, 1.807) is 18.2 Å². The molecular weight excluding hydrogens is 266 g/mol. The average molecular weight is 282 g/mol. The van der Waals surface area contributed by atoms with Crippen LogP contribution in [0.5, 0.6) is 0 Å². The van der Waals surface area contributed by atoms with Gasteiger partial charge in [-0.3, -0.25) is 0 Å². The third kappa shape index (κ3) is 2.88. The van der Waals surface area contributed by atoms with Crippen molar-refractivity contribution in [1.82, 2.24) is 10.1 Å². The number of nitrogen functional groups attached to an aromatic ring is 1. The molecule has 19 heavy (non-hydrogen) atoms. The summed E-state index contributed by atoms with van der Waals surface area (Å²) < 4.78 is 10.8. The van der Waals surface area contributed by atoms with Crippen LogP contribution in [0.1, 0.15) is 32.2 Å². The number of nitrogens with two attached hydrogens (primary N) is 1. The summed E-state index contributed by atoms with van der Waals surface area (Å²) in [6.45, 7) is 4.52. The molecule has 2 N–H and O–H groups in total. The Morgan fingerprint density at radius 1 is 1.42 bits per heavy atom. The number of rotatable bonds is 5. The Balaban J connectivity index is 2.35. The maximum atomic E-state index is 6.11. The molecule has 5 nitrogen and oxygen atoms in total. The van der Waals surface area contributed by atoms with E-state index in [2.05, 4.69) is 10.1 Å². The monoisotopic (exact) mass is 281 g/mol. The molecule has 0 saturated carbocycles. The second-order valence-electron chi connectivity index (χ2n) is 4.01. The average Bonchev–Trinajstić information content (AvgIpc) is 2.85. The summed E-state index contributed by atoms with van der Waals surface area (Å²) in [7, 11) is 0. The van der Waals surface area contributed by atoms with Gasteiger partial charge in [0.05, 0.1) is 10.6 Å². The Bertz CT molecular complexity index is 536. The van der Waals surface area contributed by atoms with Gasteiger partial charge in [0, 0.05) is 12.3 Å². The van der Waals surface area contributed by atoms with Gasteiger partial charge in [0.2, 0.25) is 5.82 Å². The Kier molecular flexibility index (Phi) is 4.39. The highest BCUT2D eigenvalue weighted by Crippen LogP contribution is 2.32. The van der Waals surface area contributed by atoms with Crippen molar-refractivity contribution in [1.29, 1.82) is 0 Å². The Morgan fingerprint density at radius 2 is 2.21 bits per heavy atom. The molecule has 0 saturated heterocycles. The van der Waals surface area contributed by atoms with Crippen LogP contribution in [0, 0.1) is 0 Å². The number of nitrogens with zero attached hydrogens (tertiary/aromatic N) is 2. The SMILES string of the molecule is CCOC(CC)c1noc(-c2c(N)cccc2Cl)n1. The predicted molar refractivity (Wildman–Crippen MR) is 73.8 cm³/mol. The molecule has 0 bridgehead atoms. The lowest BCUT2D eigenvalue weighted by Gasteiger charge is -2.09. The van der Waals surface area contributed by atoms with Crippen molar-refractivity contribution >= 4 is 17.3 Å². The summed E-state index contributed by atoms with van der Waals surface area (Å²) in [6.07, 6.45) is 0.594. The molecule has 0 spiro atoms. The van der Waals surface area contributed by atoms with Gasteiger partial charge in [0.15, 0.2) is 0 Å². The fourth-order valence-electron chi connectivity index (χ4n) is 1.81. The van der Waals surface area contributed by atoms with Crippen molar-refractivity contribution < 1.29 is 9.26 Å². The Hall–Kier alpha value is -1.59. The highest BCUT2D eigenvalue weighted by Gasteiger charge is 2.20. The number of ether oxygens (including phenoxy) is 1. The summed E-state index contributed by atoms with van der Waals surface area (Å²) in [4.78, 5) is 4.32. The molecule has 0 aliphatic rings. The molecule has 0 fully saturated rings. The lowest BCUT2D eigenvalue weighted by molar-refractivity contribution is 0.0518. The fraction of sp³-hybridized carbons (Fsp3) is 0.385. The molecule has 1 aromatic heterocycles. The van der Waals surface area contributed by atoms with Gasteiger partial charge in [-0.05, 0) is 25.5 Å². The Labute approximate surface area is 116 Å². The molecule has 0 aliphatic heterocycles. The number of hydrogen-bond acceptors (Lipinski definition) is 5. The molecule has 0 aliphatic carbocycles. The summed E-state index contributed by atoms with van der Waals surface area (Å²) >= 11 is 6.11. The molecular formula is C13H16ClN3O2. The Morgan fingerprint density at radius 3 is 2.84 bits per heavy atom. The zero-order valence-corrected chi connectivity index (χ0v) is 11.6. The van der Waals surface area contributed by atoms with Crippen LogP contribution in [0.4, 0.5) is 5.69 Å². The second-order valence-corrected chi connectivity index (χ2v) is 4.42. The van der Waals surface area contributed by atoms with Crippen molar-refractivity contribution in [2.75, 3.05) is 12.3 Å². The van der Waals surface area contributed by atoms with E-state index in [1.807, 2.05) is 13.8 Å². The molecule has 1 aromatic carbocycles. The number of anilines is 1. The maximum Gasteiger partial charge on any atom is 0.261 e. The first-order chi connectivity index (χ1) is 9.17. The van der Waals surface area contributed by atoms with E-state index >= 15 is 0 Å². The summed E-state index contributed by atoms with van der Waals surface area (Å²) in [5.74, 6) is 0.829. The molecule has 1 heterocycles. The van der Waals surface area contributed by atoms with Crippen LogP contribution in [0.2, 0.25) is 5.02 Å². The smallest absolute Gasteiger partial charge is 0.261 e. The molecule has 2 aromatic rings. The van der Waals surface area contributed by atoms with E-state index in [4.69, 9.17) is 26.6 Å². The standard InChI is InChI=1S/C13H16ClN3O2/c1-3-10(18-4-2)12-16-13(19-17-12)11-8(14)6-5-7-9(11)15/h5-7,10H,3-4,15H2,1-2H3. The van der Waals surface area contributed by atoms with E-state index in [9.17, 15) is 0 Å². The van der Waals surface area contributed by atoms with Crippen LogP contribution in [0.3, 0.4) is 0 Å². The summed E-state index contributed by atoms with van der Waals surface area (Å²) in [5.41, 5.74) is 6.96. The van der Waals surface area contributed by atoms with E-state index in [0.29, 0.717) is 34.6 Å². The van der Waals surface area contributed by atoms with Crippen LogP contribution in [0.15, 0.2) is 22.7 Å². The first kappa shape index (κ1) is 13.8. The van der Waals surface area contributed by atoms with Gasteiger partial charge in [0.25, 0.3) is 5.89 Å². The van der Waals surface area contributed by atoms with Crippen LogP contribution in [-0.4, -0.2) is 16.7 Å². The minimum Gasteiger partial charge on any atom is -0.398 e. The lowest BCUT2D eigenvalue weighted by atomic mass is 10.2. The van der Waals surface area contributed by atoms with Gasteiger partial charge in [-0.1, -0.05) is 29.7 Å². The van der Waals surface area contributed by atoms with Crippen molar-refractivity contribution in [3.8, 4) is 11.5 Å². The lowest BCUT2D eigenvalue weighted by Crippen LogP contribution is -2.04. The van der Waals surface area contributed by atoms with Gasteiger partial charge in [-0.15, -0.1) is 0 Å². The summed E-state index contributed by atoms with van der Waals surface area (Å²) in [6, 6.07) is 5.25. The minimum atomic E-state index is -0.175. The van der Waals surface area contributed by atoms with Crippen molar-refractivity contribution in [3.63, 3.8) is 0 Å². The molecule has 0 amide bonds. The van der Waals surface area contributed by atoms with Gasteiger partial charge in [0.1, 0.15) is 6.10 Å². The first-order valence-electron chi connectivity index (χ1n) is 6.16. The second kappa shape index (κ2) is 6.04. The fourth-order valence-corrected chi connectivity index (χ4v) is 2.07. The number of benzene rings is 1. The molecule has 1 unspecified atom stereocenters. The third-order valence-corrected chi connectivity index (χ3v) is 3.04. The van der Waals surface area contributed by atoms with Gasteiger partial charge >= 0.3 is 0 Å². The summed E-state index contributed by atoms with van der Waals surface area (Å²) in [5, 5.41) is 4.43. The molecule has 6 heteroatoms. The molecule has 1 atom stereocenters. The van der Waals surface area contributed by atoms with Crippen LogP contribution >= 0.6 is 11.6 Å². The number of hydrogen-bond donors (Lipinski definition) is 1. The van der Waals surface area contributed by atoms with E-state index in [1.165, 1.54) is 0 Å². The van der Waals surface area contributed by atoms with Gasteiger partial charge < -0.3 is 15.0 Å². The number of aromatic nitrogens is 2. The minimum absolute atomic E-state index is 0.175. The van der Waals surface area contributed by atoms with E-state index in [-0.39, 0.29) is 6.10 Å². The van der Waals surface area contributed by atoms with Crippen LogP contribution in [0.25, 0.3) is 11.5 Å². The largest absolute Gasteiger partial charge is 0.398 e. The number of halogens is 1. The molecule has 0 radical (unpaired) electrons. The van der Waals surface area contributed by atoms with Crippen molar-refractivity contribution in [2.24, 2.45) is 0 Å². The normalized spacial score (nSPS) is 12.6. The molecule has 2 rings (SSSR count). The third-order valence-electron chi connectivity index (χ3n) is 2.73. The van der Waals surface area contributed by atoms with Crippen molar-refractivity contribution in [3.05, 3.63) is 29.0 Å². The van der Waals surface area contributed by atoms with Gasteiger partial charge in [-0.25, -0.2) is 0 Å². The first-order valence-corrected chi connectivity index (χ1v) is 6.54. The predicted octanol–water partition coefficient (Wildman–Crippen LogP) is 3.46. The highest BCUT2D eigenvalue weighted by molar-refractivity contribution is 6.33. The van der Waals surface area contributed by atoms with Crippen LogP contribution in [-0.2, 0) is 4.74 Å². The topological polar surface area (TPSA) is 74.2 Å². The van der Waals surface area contributed by atoms with E-state index in [0.717, 1.165) is 6.42 Å². The highest BCUT2D eigenvalue weighted by atomic mass is 35.5. The van der Waals surface area contributed by atoms with Crippen LogP contribution < -0.4 is 5.73 Å². The zero-order valence-electron chi connectivity index (χ0n) is 10.9. The van der Waals surface area contributed by atoms with Gasteiger partial charge in [-0.2, -0.15) is 4.98 Å². The maximum absolute atomic E-state index is 6.11. The van der Waals surface area contributed by atoms with Crippen molar-refractivity contribution in [2.45, 2.75) is 26.4 Å². The molecule has 102 valence electrons.